The third kappa shape index (κ3) is 2.59. The molecule has 2 aromatic rings. The number of fused-ring (bicyclic) bond motifs is 1. The quantitative estimate of drug-likeness (QED) is 0.814. The van der Waals surface area contributed by atoms with E-state index in [0.717, 1.165) is 5.56 Å². The van der Waals surface area contributed by atoms with E-state index in [4.69, 9.17) is 4.84 Å². The summed E-state index contributed by atoms with van der Waals surface area (Å²) in [7, 11) is 0. The molecular weight excluding hydrogens is 296 g/mol. The molecule has 0 unspecified atom stereocenters. The number of aromatic nitrogens is 1. The van der Waals surface area contributed by atoms with Crippen LogP contribution >= 0.6 is 0 Å². The van der Waals surface area contributed by atoms with Crippen LogP contribution in [0, 0.1) is 0 Å². The molecule has 2 amide bonds. The van der Waals surface area contributed by atoms with Gasteiger partial charge in [0.25, 0.3) is 11.8 Å². The van der Waals surface area contributed by atoms with Crippen molar-refractivity contribution in [1.29, 1.82) is 0 Å². The van der Waals surface area contributed by atoms with E-state index in [1.807, 2.05) is 13.8 Å². The lowest BCUT2D eigenvalue weighted by Gasteiger charge is -2.12. The van der Waals surface area contributed by atoms with Crippen LogP contribution in [-0.2, 0) is 4.84 Å². The maximum Gasteiger partial charge on any atom is 0.382 e. The Morgan fingerprint density at radius 2 is 1.65 bits per heavy atom. The number of pyridine rings is 1. The first-order valence-corrected chi connectivity index (χ1v) is 7.15. The van der Waals surface area contributed by atoms with Gasteiger partial charge in [-0.3, -0.25) is 9.59 Å². The summed E-state index contributed by atoms with van der Waals surface area (Å²) in [5.74, 6) is -1.88. The lowest BCUT2D eigenvalue weighted by atomic mass is 10.1. The summed E-state index contributed by atoms with van der Waals surface area (Å²) in [6, 6.07) is 9.58. The lowest BCUT2D eigenvalue weighted by Crippen LogP contribution is -2.32. The fourth-order valence-electron chi connectivity index (χ4n) is 2.25. The smallest absolute Gasteiger partial charge is 0.323 e. The van der Waals surface area contributed by atoms with E-state index < -0.39 is 17.8 Å². The third-order valence-electron chi connectivity index (χ3n) is 3.59. The van der Waals surface area contributed by atoms with Gasteiger partial charge in [0.1, 0.15) is 0 Å². The maximum absolute atomic E-state index is 12.1. The standard InChI is InChI=1S/C17H14N2O4/c1-10(2)11-7-8-14(18-9-11)17(22)23-19-15(20)12-5-3-4-6-13(12)16(19)21/h3-10H,1-2H3. The molecule has 1 aromatic carbocycles. The maximum atomic E-state index is 12.1. The van der Waals surface area contributed by atoms with Crippen LogP contribution in [-0.4, -0.2) is 27.8 Å². The van der Waals surface area contributed by atoms with Crippen molar-refractivity contribution in [2.24, 2.45) is 0 Å². The molecule has 0 N–H and O–H groups in total. The molecule has 1 aromatic heterocycles. The van der Waals surface area contributed by atoms with E-state index in [0.29, 0.717) is 5.06 Å². The predicted molar refractivity (Wildman–Crippen MR) is 80.7 cm³/mol. The molecule has 0 aliphatic carbocycles. The normalized spacial score (nSPS) is 13.4. The molecule has 23 heavy (non-hydrogen) atoms. The van der Waals surface area contributed by atoms with Crippen LogP contribution < -0.4 is 0 Å². The number of rotatable bonds is 3. The number of hydrogen-bond acceptors (Lipinski definition) is 5. The number of imide groups is 1. The van der Waals surface area contributed by atoms with Gasteiger partial charge in [0.2, 0.25) is 0 Å². The van der Waals surface area contributed by atoms with Crippen LogP contribution in [0.3, 0.4) is 0 Å². The fraction of sp³-hybridized carbons (Fsp3) is 0.176. The second kappa shape index (κ2) is 5.64. The molecule has 6 heteroatoms. The molecule has 0 bridgehead atoms. The van der Waals surface area contributed by atoms with E-state index in [-0.39, 0.29) is 22.7 Å². The van der Waals surface area contributed by atoms with Crippen molar-refractivity contribution in [2.75, 3.05) is 0 Å². The molecule has 3 rings (SSSR count). The van der Waals surface area contributed by atoms with Crippen LogP contribution in [0.1, 0.15) is 56.5 Å². The third-order valence-corrected chi connectivity index (χ3v) is 3.59. The van der Waals surface area contributed by atoms with Crippen LogP contribution in [0.2, 0.25) is 0 Å². The Bertz CT molecular complexity index is 761. The monoisotopic (exact) mass is 310 g/mol. The highest BCUT2D eigenvalue weighted by Gasteiger charge is 2.38. The van der Waals surface area contributed by atoms with Gasteiger partial charge in [0.05, 0.1) is 11.1 Å². The Balaban J connectivity index is 1.79. The van der Waals surface area contributed by atoms with E-state index in [1.165, 1.54) is 18.2 Å². The minimum atomic E-state index is -0.852. The molecule has 0 radical (unpaired) electrons. The zero-order valence-electron chi connectivity index (χ0n) is 12.6. The highest BCUT2D eigenvalue weighted by Crippen LogP contribution is 2.23. The van der Waals surface area contributed by atoms with Gasteiger partial charge in [-0.1, -0.05) is 37.1 Å². The summed E-state index contributed by atoms with van der Waals surface area (Å²) in [5, 5.41) is 0.477. The Labute approximate surface area is 132 Å². The predicted octanol–water partition coefficient (Wildman–Crippen LogP) is 2.57. The van der Waals surface area contributed by atoms with Crippen molar-refractivity contribution in [3.8, 4) is 0 Å². The van der Waals surface area contributed by atoms with Crippen molar-refractivity contribution in [3.63, 3.8) is 0 Å². The average Bonchev–Trinajstić information content (AvgIpc) is 2.80. The number of hydroxylamine groups is 2. The molecule has 0 atom stereocenters. The van der Waals surface area contributed by atoms with E-state index >= 15 is 0 Å². The van der Waals surface area contributed by atoms with Crippen LogP contribution in [0.4, 0.5) is 0 Å². The second-order valence-electron chi connectivity index (χ2n) is 5.46. The first-order chi connectivity index (χ1) is 11.0. The van der Waals surface area contributed by atoms with E-state index in [9.17, 15) is 14.4 Å². The molecule has 116 valence electrons. The van der Waals surface area contributed by atoms with Gasteiger partial charge in [-0.15, -0.1) is 0 Å². The SMILES string of the molecule is CC(C)c1ccc(C(=O)ON2C(=O)c3ccccc3C2=O)nc1. The minimum absolute atomic E-state index is 0.0333. The molecule has 0 fully saturated rings. The molecular formula is C17H14N2O4. The van der Waals surface area contributed by atoms with E-state index in [2.05, 4.69) is 4.98 Å². The van der Waals surface area contributed by atoms with Crippen LogP contribution in [0.15, 0.2) is 42.6 Å². The summed E-state index contributed by atoms with van der Waals surface area (Å²) in [5.41, 5.74) is 1.44. The molecule has 0 saturated carbocycles. The van der Waals surface area contributed by atoms with Crippen molar-refractivity contribution in [1.82, 2.24) is 10.0 Å². The summed E-state index contributed by atoms with van der Waals surface area (Å²) in [6.07, 6.45) is 1.57. The number of amides is 2. The molecule has 0 spiro atoms. The van der Waals surface area contributed by atoms with Crippen LogP contribution in [0.5, 0.6) is 0 Å². The molecule has 2 heterocycles. The summed E-state index contributed by atoms with van der Waals surface area (Å²) in [4.78, 5) is 45.3. The Morgan fingerprint density at radius 1 is 1.04 bits per heavy atom. The van der Waals surface area contributed by atoms with Gasteiger partial charge in [-0.25, -0.2) is 9.78 Å². The molecule has 1 aliphatic rings. The Kier molecular flexibility index (Phi) is 3.65. The molecule has 0 saturated heterocycles. The summed E-state index contributed by atoms with van der Waals surface area (Å²) in [6.45, 7) is 4.02. The largest absolute Gasteiger partial charge is 0.382 e. The van der Waals surface area contributed by atoms with Gasteiger partial charge in [0, 0.05) is 6.20 Å². The topological polar surface area (TPSA) is 76.6 Å². The first-order valence-electron chi connectivity index (χ1n) is 7.15. The highest BCUT2D eigenvalue weighted by molar-refractivity contribution is 6.21. The lowest BCUT2D eigenvalue weighted by molar-refractivity contribution is -0.0588. The number of carbonyl (C=O) groups is 3. The highest BCUT2D eigenvalue weighted by atomic mass is 16.7. The Morgan fingerprint density at radius 3 is 2.13 bits per heavy atom. The van der Waals surface area contributed by atoms with Gasteiger partial charge in [-0.05, 0) is 29.7 Å². The summed E-state index contributed by atoms with van der Waals surface area (Å²) < 4.78 is 0. The zero-order chi connectivity index (χ0) is 16.6. The van der Waals surface area contributed by atoms with Crippen molar-refractivity contribution in [3.05, 3.63) is 65.0 Å². The fourth-order valence-corrected chi connectivity index (χ4v) is 2.25. The van der Waals surface area contributed by atoms with Crippen LogP contribution in [0.25, 0.3) is 0 Å². The van der Waals surface area contributed by atoms with E-state index in [1.54, 1.807) is 24.4 Å². The van der Waals surface area contributed by atoms with Gasteiger partial charge in [0.15, 0.2) is 5.69 Å². The molecule has 1 aliphatic heterocycles. The first kappa shape index (κ1) is 14.9. The second-order valence-corrected chi connectivity index (χ2v) is 5.46. The minimum Gasteiger partial charge on any atom is -0.323 e. The number of benzene rings is 1. The number of carbonyl (C=O) groups excluding carboxylic acids is 3. The Hall–Kier alpha value is -3.02. The average molecular weight is 310 g/mol. The van der Waals surface area contributed by atoms with Gasteiger partial charge in [-0.2, -0.15) is 0 Å². The molecule has 6 nitrogen and oxygen atoms in total. The van der Waals surface area contributed by atoms with Crippen molar-refractivity contribution in [2.45, 2.75) is 19.8 Å². The van der Waals surface area contributed by atoms with Crippen molar-refractivity contribution < 1.29 is 19.2 Å². The zero-order valence-corrected chi connectivity index (χ0v) is 12.6. The van der Waals surface area contributed by atoms with Gasteiger partial charge >= 0.3 is 5.97 Å². The summed E-state index contributed by atoms with van der Waals surface area (Å²) >= 11 is 0. The van der Waals surface area contributed by atoms with Crippen molar-refractivity contribution >= 4 is 17.8 Å². The van der Waals surface area contributed by atoms with Gasteiger partial charge < -0.3 is 4.84 Å². The number of hydrogen-bond donors (Lipinski definition) is 0. The number of nitrogens with zero attached hydrogens (tertiary/aromatic N) is 2.